The Morgan fingerprint density at radius 1 is 1.42 bits per heavy atom. The number of amides is 1. The highest BCUT2D eigenvalue weighted by molar-refractivity contribution is 7.86. The van der Waals surface area contributed by atoms with Crippen molar-refractivity contribution in [3.63, 3.8) is 0 Å². The van der Waals surface area contributed by atoms with E-state index in [-0.39, 0.29) is 12.5 Å². The molecule has 3 rings (SSSR count). The third kappa shape index (κ3) is 3.53. The van der Waals surface area contributed by atoms with Gasteiger partial charge in [-0.25, -0.2) is 0 Å². The topological polar surface area (TPSA) is 109 Å². The molecule has 0 spiro atoms. The summed E-state index contributed by atoms with van der Waals surface area (Å²) >= 11 is 0. The molecule has 0 radical (unpaired) electrons. The lowest BCUT2D eigenvalue weighted by atomic mass is 9.84. The smallest absolute Gasteiger partial charge is 0.264 e. The van der Waals surface area contributed by atoms with Crippen LogP contribution < -0.4 is 10.1 Å². The van der Waals surface area contributed by atoms with E-state index in [0.717, 1.165) is 6.26 Å². The van der Waals surface area contributed by atoms with Crippen LogP contribution in [0, 0.1) is 11.3 Å². The Balaban J connectivity index is 2.17. The Hall–Kier alpha value is -2.15. The summed E-state index contributed by atoms with van der Waals surface area (Å²) in [7, 11) is -3.80. The van der Waals surface area contributed by atoms with Crippen LogP contribution in [0.15, 0.2) is 18.2 Å². The van der Waals surface area contributed by atoms with E-state index in [2.05, 4.69) is 11.4 Å². The lowest BCUT2D eigenvalue weighted by Gasteiger charge is -2.48. The molecule has 0 unspecified atom stereocenters. The van der Waals surface area contributed by atoms with Gasteiger partial charge < -0.3 is 15.0 Å². The number of carbonyl (C=O) groups excluding carboxylic acids is 1. The monoisotopic (exact) mass is 379 g/mol. The fraction of sp³-hybridized carbons (Fsp3) is 0.529. The predicted molar refractivity (Wildman–Crippen MR) is 92.9 cm³/mol. The molecule has 1 saturated heterocycles. The van der Waals surface area contributed by atoms with Gasteiger partial charge in [-0.3, -0.25) is 8.98 Å². The molecule has 2 heterocycles. The van der Waals surface area contributed by atoms with Crippen molar-refractivity contribution in [3.05, 3.63) is 29.3 Å². The first kappa shape index (κ1) is 18.6. The second kappa shape index (κ2) is 6.54. The fourth-order valence-electron chi connectivity index (χ4n) is 3.43. The summed E-state index contributed by atoms with van der Waals surface area (Å²) < 4.78 is 35.1. The van der Waals surface area contributed by atoms with Crippen LogP contribution >= 0.6 is 0 Å². The average Bonchev–Trinajstić information content (AvgIpc) is 2.55. The van der Waals surface area contributed by atoms with Gasteiger partial charge in [0, 0.05) is 18.7 Å². The lowest BCUT2D eigenvalue weighted by Crippen LogP contribution is -2.59. The van der Waals surface area contributed by atoms with E-state index >= 15 is 0 Å². The second-order valence-corrected chi connectivity index (χ2v) is 8.60. The number of hydrogen-bond donors (Lipinski definition) is 1. The van der Waals surface area contributed by atoms with E-state index in [4.69, 9.17) is 8.92 Å². The number of hydrogen-bond acceptors (Lipinski definition) is 7. The first-order valence-electron chi connectivity index (χ1n) is 8.24. The van der Waals surface area contributed by atoms with Crippen molar-refractivity contribution >= 4 is 16.0 Å². The predicted octanol–water partition coefficient (Wildman–Crippen LogP) is 0.547. The minimum Gasteiger partial charge on any atom is -0.485 e. The van der Waals surface area contributed by atoms with Gasteiger partial charge in [-0.2, -0.15) is 13.7 Å². The summed E-state index contributed by atoms with van der Waals surface area (Å²) in [6, 6.07) is 6.32. The van der Waals surface area contributed by atoms with Crippen molar-refractivity contribution in [2.24, 2.45) is 0 Å². The summed E-state index contributed by atoms with van der Waals surface area (Å²) in [5, 5.41) is 12.2. The maximum atomic E-state index is 12.5. The highest BCUT2D eigenvalue weighted by Gasteiger charge is 2.50. The van der Waals surface area contributed by atoms with Crippen LogP contribution in [-0.2, 0) is 19.1 Å². The number of carbonyl (C=O) groups is 1. The van der Waals surface area contributed by atoms with Crippen molar-refractivity contribution in [3.8, 4) is 11.8 Å². The summed E-state index contributed by atoms with van der Waals surface area (Å²) in [6.07, 6.45) is 0.0296. The number of piperazine rings is 1. The Kier molecular flexibility index (Phi) is 4.69. The third-order valence-corrected chi connectivity index (χ3v) is 5.10. The Morgan fingerprint density at radius 2 is 2.15 bits per heavy atom. The SMILES string of the molecule is CC1(C)Oc2ccc(C#N)cc2[C@@H](N2CCNCC2=O)[C@@H]1OS(C)(=O)=O. The average molecular weight is 379 g/mol. The maximum absolute atomic E-state index is 12.5. The molecule has 1 fully saturated rings. The molecule has 0 bridgehead atoms. The van der Waals surface area contributed by atoms with E-state index in [1.165, 1.54) is 0 Å². The molecule has 0 aliphatic carbocycles. The second-order valence-electron chi connectivity index (χ2n) is 7.00. The van der Waals surface area contributed by atoms with E-state index < -0.39 is 27.9 Å². The van der Waals surface area contributed by atoms with Gasteiger partial charge in [-0.15, -0.1) is 0 Å². The van der Waals surface area contributed by atoms with E-state index in [1.807, 2.05) is 0 Å². The third-order valence-electron chi connectivity index (χ3n) is 4.54. The molecule has 1 aromatic rings. The highest BCUT2D eigenvalue weighted by Crippen LogP contribution is 2.45. The number of nitrogens with one attached hydrogen (secondary N) is 1. The molecule has 9 heteroatoms. The molecular weight excluding hydrogens is 358 g/mol. The first-order chi connectivity index (χ1) is 12.1. The lowest BCUT2D eigenvalue weighted by molar-refractivity contribution is -0.143. The zero-order valence-corrected chi connectivity index (χ0v) is 15.7. The molecule has 1 amide bonds. The van der Waals surface area contributed by atoms with E-state index in [9.17, 15) is 18.5 Å². The van der Waals surface area contributed by atoms with Gasteiger partial charge >= 0.3 is 0 Å². The van der Waals surface area contributed by atoms with Gasteiger partial charge in [-0.1, -0.05) is 0 Å². The van der Waals surface area contributed by atoms with Crippen LogP contribution in [0.4, 0.5) is 0 Å². The summed E-state index contributed by atoms with van der Waals surface area (Å²) in [6.45, 7) is 4.60. The number of nitriles is 1. The van der Waals surface area contributed by atoms with Gasteiger partial charge in [0.15, 0.2) is 0 Å². The molecule has 0 aromatic heterocycles. The minimum absolute atomic E-state index is 0.158. The summed E-state index contributed by atoms with van der Waals surface area (Å²) in [5.41, 5.74) is -0.0231. The number of nitrogens with zero attached hydrogens (tertiary/aromatic N) is 2. The molecule has 2 atom stereocenters. The first-order valence-corrected chi connectivity index (χ1v) is 10.1. The van der Waals surface area contributed by atoms with Crippen molar-refractivity contribution in [2.45, 2.75) is 31.6 Å². The van der Waals surface area contributed by atoms with Crippen LogP contribution in [0.1, 0.15) is 31.0 Å². The van der Waals surface area contributed by atoms with Gasteiger partial charge in [-0.05, 0) is 32.0 Å². The van der Waals surface area contributed by atoms with Crippen LogP contribution in [0.5, 0.6) is 5.75 Å². The molecule has 2 aliphatic heterocycles. The van der Waals surface area contributed by atoms with Crippen molar-refractivity contribution in [1.82, 2.24) is 10.2 Å². The minimum atomic E-state index is -3.80. The largest absolute Gasteiger partial charge is 0.485 e. The van der Waals surface area contributed by atoms with Crippen LogP contribution in [0.3, 0.4) is 0 Å². The molecule has 2 aliphatic rings. The fourth-order valence-corrected chi connectivity index (χ4v) is 4.14. The molecule has 8 nitrogen and oxygen atoms in total. The molecule has 1 aromatic carbocycles. The van der Waals surface area contributed by atoms with Crippen molar-refractivity contribution in [2.75, 3.05) is 25.9 Å². The van der Waals surface area contributed by atoms with Crippen LogP contribution in [0.2, 0.25) is 0 Å². The molecule has 140 valence electrons. The molecular formula is C17H21N3O5S. The van der Waals surface area contributed by atoms with Gasteiger partial charge in [0.05, 0.1) is 30.5 Å². The number of fused-ring (bicyclic) bond motifs is 1. The maximum Gasteiger partial charge on any atom is 0.264 e. The van der Waals surface area contributed by atoms with Crippen molar-refractivity contribution < 1.29 is 22.1 Å². The standard InChI is InChI=1S/C17H21N3O5S/c1-17(2)16(25-26(3,22)23)15(20-7-6-19-10-14(20)21)12-8-11(9-18)4-5-13(12)24-17/h4-5,8,15-16,19H,6-7,10H2,1-3H3/t15-,16+/m1/s1. The normalized spacial score (nSPS) is 25.2. The van der Waals surface area contributed by atoms with Gasteiger partial charge in [0.2, 0.25) is 5.91 Å². The molecule has 26 heavy (non-hydrogen) atoms. The van der Waals surface area contributed by atoms with Crippen LogP contribution in [0.25, 0.3) is 0 Å². The number of benzene rings is 1. The van der Waals surface area contributed by atoms with Crippen molar-refractivity contribution in [1.29, 1.82) is 5.26 Å². The van der Waals surface area contributed by atoms with E-state index in [0.29, 0.717) is 30.0 Å². The highest BCUT2D eigenvalue weighted by atomic mass is 32.2. The van der Waals surface area contributed by atoms with Gasteiger partial charge in [0.25, 0.3) is 10.1 Å². The Bertz CT molecular complexity index is 875. The molecule has 0 saturated carbocycles. The zero-order valence-electron chi connectivity index (χ0n) is 14.9. The quantitative estimate of drug-likeness (QED) is 0.764. The van der Waals surface area contributed by atoms with E-state index in [1.54, 1.807) is 36.9 Å². The number of ether oxygens (including phenoxy) is 1. The van der Waals surface area contributed by atoms with Gasteiger partial charge in [0.1, 0.15) is 17.5 Å². The Morgan fingerprint density at radius 3 is 2.77 bits per heavy atom. The molecule has 1 N–H and O–H groups in total. The Labute approximate surface area is 152 Å². The summed E-state index contributed by atoms with van der Waals surface area (Å²) in [4.78, 5) is 14.1. The van der Waals surface area contributed by atoms with Crippen LogP contribution in [-0.4, -0.2) is 56.8 Å². The zero-order chi connectivity index (χ0) is 19.1. The number of rotatable bonds is 3. The summed E-state index contributed by atoms with van der Waals surface area (Å²) in [5.74, 6) is 0.355.